The van der Waals surface area contributed by atoms with Gasteiger partial charge >= 0.3 is 5.97 Å². The van der Waals surface area contributed by atoms with E-state index in [1.807, 2.05) is 36.4 Å². The van der Waals surface area contributed by atoms with Gasteiger partial charge in [0.1, 0.15) is 6.61 Å². The van der Waals surface area contributed by atoms with Gasteiger partial charge in [0, 0.05) is 0 Å². The van der Waals surface area contributed by atoms with E-state index < -0.39 is 0 Å². The van der Waals surface area contributed by atoms with E-state index in [0.717, 1.165) is 23.1 Å². The molecule has 0 saturated carbocycles. The normalized spacial score (nSPS) is 10.4. The molecule has 0 aliphatic carbocycles. The van der Waals surface area contributed by atoms with Gasteiger partial charge in [0.2, 0.25) is 0 Å². The molecule has 0 saturated heterocycles. The molecule has 2 aromatic rings. The zero-order valence-electron chi connectivity index (χ0n) is 12.2. The lowest BCUT2D eigenvalue weighted by Gasteiger charge is -2.07. The average Bonchev–Trinajstić information content (AvgIpc) is 2.53. The van der Waals surface area contributed by atoms with Crippen LogP contribution in [0.3, 0.4) is 0 Å². The first-order valence-corrected chi connectivity index (χ1v) is 6.63. The maximum absolute atomic E-state index is 11.5. The highest BCUT2D eigenvalue weighted by molar-refractivity contribution is 5.89. The first kappa shape index (κ1) is 15.2. The van der Waals surface area contributed by atoms with E-state index in [1.165, 1.54) is 14.2 Å². The van der Waals surface area contributed by atoms with Gasteiger partial charge in [0.05, 0.1) is 19.8 Å². The van der Waals surface area contributed by atoms with Crippen LogP contribution in [-0.4, -0.2) is 20.2 Å². The van der Waals surface area contributed by atoms with Crippen molar-refractivity contribution in [3.05, 3.63) is 70.8 Å². The highest BCUT2D eigenvalue weighted by atomic mass is 17.2. The van der Waals surface area contributed by atoms with Crippen LogP contribution in [0, 0.1) is 0 Å². The molecule has 4 heteroatoms. The smallest absolute Gasteiger partial charge is 0.337 e. The van der Waals surface area contributed by atoms with Crippen molar-refractivity contribution in [1.82, 2.24) is 0 Å². The van der Waals surface area contributed by atoms with Gasteiger partial charge in [-0.05, 0) is 35.2 Å². The zero-order chi connectivity index (χ0) is 15.1. The summed E-state index contributed by atoms with van der Waals surface area (Å²) in [7, 11) is 2.87. The van der Waals surface area contributed by atoms with Crippen molar-refractivity contribution in [2.24, 2.45) is 0 Å². The molecular weight excluding hydrogens is 268 g/mol. The molecule has 0 aliphatic rings. The van der Waals surface area contributed by atoms with Gasteiger partial charge in [-0.3, -0.25) is 0 Å². The maximum atomic E-state index is 11.5. The summed E-state index contributed by atoms with van der Waals surface area (Å²) >= 11 is 0. The third-order valence-corrected chi connectivity index (χ3v) is 3.09. The fraction of sp³-hybridized carbons (Fsp3) is 0.235. The number of ether oxygens (including phenoxy) is 1. The van der Waals surface area contributed by atoms with Crippen molar-refractivity contribution in [2.45, 2.75) is 13.0 Å². The van der Waals surface area contributed by atoms with Gasteiger partial charge in [-0.1, -0.05) is 36.4 Å². The Kier molecular flexibility index (Phi) is 5.49. The minimum absolute atomic E-state index is 0.320. The summed E-state index contributed by atoms with van der Waals surface area (Å²) < 4.78 is 4.74. The minimum atomic E-state index is -0.320. The van der Waals surface area contributed by atoms with Crippen LogP contribution in [-0.2, 0) is 27.5 Å². The Labute approximate surface area is 124 Å². The van der Waals surface area contributed by atoms with E-state index in [4.69, 9.17) is 9.62 Å². The minimum Gasteiger partial charge on any atom is -0.465 e. The predicted molar refractivity (Wildman–Crippen MR) is 78.8 cm³/mol. The summed E-state index contributed by atoms with van der Waals surface area (Å²) in [4.78, 5) is 21.1. The third kappa shape index (κ3) is 4.41. The number of carbonyl (C=O) groups excluding carboxylic acids is 1. The molecule has 2 rings (SSSR count). The van der Waals surface area contributed by atoms with Crippen LogP contribution in [0.4, 0.5) is 0 Å². The lowest BCUT2D eigenvalue weighted by atomic mass is 10.0. The number of hydrogen-bond donors (Lipinski definition) is 0. The Morgan fingerprint density at radius 3 is 2.33 bits per heavy atom. The highest BCUT2D eigenvalue weighted by Crippen LogP contribution is 2.14. The molecular formula is C17H18O4. The van der Waals surface area contributed by atoms with E-state index in [1.54, 1.807) is 6.07 Å². The number of benzene rings is 2. The molecule has 110 valence electrons. The molecule has 4 nitrogen and oxygen atoms in total. The fourth-order valence-corrected chi connectivity index (χ4v) is 2.12. The summed E-state index contributed by atoms with van der Waals surface area (Å²) in [6.45, 7) is 0.409. The van der Waals surface area contributed by atoms with Crippen LogP contribution < -0.4 is 0 Å². The van der Waals surface area contributed by atoms with Crippen LogP contribution in [0.25, 0.3) is 0 Å². The van der Waals surface area contributed by atoms with Crippen molar-refractivity contribution in [3.8, 4) is 0 Å². The number of hydrogen-bond acceptors (Lipinski definition) is 4. The molecule has 0 spiro atoms. The lowest BCUT2D eigenvalue weighted by Crippen LogP contribution is -2.02. The second-order valence-electron chi connectivity index (χ2n) is 4.62. The summed E-state index contributed by atoms with van der Waals surface area (Å²) in [6.07, 6.45) is 0.742. The van der Waals surface area contributed by atoms with Gasteiger partial charge in [-0.25, -0.2) is 14.6 Å². The number of methoxy groups -OCH3 is 1. The van der Waals surface area contributed by atoms with Gasteiger partial charge in [0.25, 0.3) is 0 Å². The Bertz CT molecular complexity index is 607. The monoisotopic (exact) mass is 286 g/mol. The Hall–Kier alpha value is -2.17. The molecule has 0 amide bonds. The topological polar surface area (TPSA) is 44.8 Å². The summed E-state index contributed by atoms with van der Waals surface area (Å²) in [5.74, 6) is -0.320. The molecule has 2 aromatic carbocycles. The molecule has 0 bridgehead atoms. The van der Waals surface area contributed by atoms with Gasteiger partial charge in [-0.15, -0.1) is 0 Å². The summed E-state index contributed by atoms with van der Waals surface area (Å²) in [5.41, 5.74) is 3.81. The van der Waals surface area contributed by atoms with Crippen molar-refractivity contribution < 1.29 is 19.3 Å². The van der Waals surface area contributed by atoms with E-state index in [9.17, 15) is 4.79 Å². The first-order chi connectivity index (χ1) is 10.2. The third-order valence-electron chi connectivity index (χ3n) is 3.09. The number of rotatable bonds is 6. The largest absolute Gasteiger partial charge is 0.465 e. The molecule has 0 fully saturated rings. The second-order valence-corrected chi connectivity index (χ2v) is 4.62. The molecule has 0 heterocycles. The van der Waals surface area contributed by atoms with E-state index in [0.29, 0.717) is 12.2 Å². The van der Waals surface area contributed by atoms with Crippen LogP contribution in [0.1, 0.15) is 27.0 Å². The van der Waals surface area contributed by atoms with Crippen LogP contribution in [0.5, 0.6) is 0 Å². The zero-order valence-corrected chi connectivity index (χ0v) is 12.2. The van der Waals surface area contributed by atoms with Crippen LogP contribution in [0.15, 0.2) is 48.5 Å². The van der Waals surface area contributed by atoms with Crippen LogP contribution in [0.2, 0.25) is 0 Å². The lowest BCUT2D eigenvalue weighted by molar-refractivity contribution is -0.282. The highest BCUT2D eigenvalue weighted by Gasteiger charge is 2.06. The molecule has 21 heavy (non-hydrogen) atoms. The molecule has 0 unspecified atom stereocenters. The summed E-state index contributed by atoms with van der Waals surface area (Å²) in [6, 6.07) is 15.5. The summed E-state index contributed by atoms with van der Waals surface area (Å²) in [5, 5.41) is 0. The van der Waals surface area contributed by atoms with Crippen molar-refractivity contribution in [3.63, 3.8) is 0 Å². The molecule has 0 N–H and O–H groups in total. The van der Waals surface area contributed by atoms with Gasteiger partial charge < -0.3 is 4.74 Å². The first-order valence-electron chi connectivity index (χ1n) is 6.63. The number of esters is 1. The van der Waals surface area contributed by atoms with Gasteiger partial charge in [0.15, 0.2) is 0 Å². The van der Waals surface area contributed by atoms with E-state index in [-0.39, 0.29) is 5.97 Å². The fourth-order valence-electron chi connectivity index (χ4n) is 2.12. The van der Waals surface area contributed by atoms with Crippen molar-refractivity contribution >= 4 is 5.97 Å². The predicted octanol–water partition coefficient (Wildman–Crippen LogP) is 3.14. The SMILES string of the molecule is COOCc1cccc(Cc2cccc(C(=O)OC)c2)c1. The van der Waals surface area contributed by atoms with Gasteiger partial charge in [-0.2, -0.15) is 0 Å². The Balaban J connectivity index is 2.12. The Morgan fingerprint density at radius 2 is 1.62 bits per heavy atom. The molecule has 0 aromatic heterocycles. The van der Waals surface area contributed by atoms with E-state index >= 15 is 0 Å². The maximum Gasteiger partial charge on any atom is 0.337 e. The Morgan fingerprint density at radius 1 is 0.952 bits per heavy atom. The van der Waals surface area contributed by atoms with E-state index in [2.05, 4.69) is 11.0 Å². The average molecular weight is 286 g/mol. The molecule has 0 radical (unpaired) electrons. The van der Waals surface area contributed by atoms with Crippen molar-refractivity contribution in [1.29, 1.82) is 0 Å². The standard InChI is InChI=1S/C17H18O4/c1-19-17(18)16-8-4-6-14(11-16)9-13-5-3-7-15(10-13)12-21-20-2/h3-8,10-11H,9,12H2,1-2H3. The van der Waals surface area contributed by atoms with Crippen molar-refractivity contribution in [2.75, 3.05) is 14.2 Å². The second kappa shape index (κ2) is 7.57. The molecule has 0 aliphatic heterocycles. The van der Waals surface area contributed by atoms with Crippen LogP contribution >= 0.6 is 0 Å². The number of carbonyl (C=O) groups is 1. The quantitative estimate of drug-likeness (QED) is 0.465. The molecule has 0 atom stereocenters.